The third kappa shape index (κ3) is 4.18. The van der Waals surface area contributed by atoms with Gasteiger partial charge in [0.2, 0.25) is 0 Å². The molecule has 4 fully saturated rings. The van der Waals surface area contributed by atoms with Gasteiger partial charge in [0.1, 0.15) is 23.3 Å². The van der Waals surface area contributed by atoms with E-state index in [4.69, 9.17) is 9.47 Å². The number of ether oxygens (including phenoxy) is 2. The number of carbonyl (C=O) groups excluding carboxylic acids is 1. The Balaban J connectivity index is 1.21. The van der Waals surface area contributed by atoms with Crippen LogP contribution in [0.4, 0.5) is 13.2 Å². The van der Waals surface area contributed by atoms with Crippen LogP contribution in [0.1, 0.15) is 64.7 Å². The zero-order valence-corrected chi connectivity index (χ0v) is 23.5. The number of rotatable bonds is 6. The second kappa shape index (κ2) is 9.68. The molecule has 4 saturated carbocycles. The molecule has 0 radical (unpaired) electrons. The highest BCUT2D eigenvalue weighted by atomic mass is 19.4. The number of aliphatic hydroxyl groups is 1. The molecule has 2 aromatic rings. The molecule has 8 atom stereocenters. The Labute approximate surface area is 232 Å². The summed E-state index contributed by atoms with van der Waals surface area (Å²) >= 11 is 0. The Morgan fingerprint density at radius 2 is 1.82 bits per heavy atom. The Bertz CT molecular complexity index is 1280. The van der Waals surface area contributed by atoms with Crippen molar-refractivity contribution >= 4 is 16.8 Å². The molecular weight excluding hydrogens is 523 g/mol. The number of hydrogen-bond donors (Lipinski definition) is 1. The minimum Gasteiger partial charge on any atom is -0.497 e. The molecule has 0 saturated heterocycles. The van der Waals surface area contributed by atoms with E-state index in [-0.39, 0.29) is 53.8 Å². The SMILES string of the molecule is COC[C@]12CC[C@](O)(C(F)(F)F)C[C@H]1CC[C@H]1[C@@H]3CC[C@H](C(=O)Cn4nc5ccc(OC)cc5n4)[C@@]3(C)CC[C@@H]12. The molecule has 0 unspecified atom stereocenters. The van der Waals surface area contributed by atoms with Crippen molar-refractivity contribution in [3.05, 3.63) is 18.2 Å². The molecule has 0 spiro atoms. The summed E-state index contributed by atoms with van der Waals surface area (Å²) in [4.78, 5) is 15.2. The van der Waals surface area contributed by atoms with Gasteiger partial charge in [0.15, 0.2) is 11.4 Å². The van der Waals surface area contributed by atoms with Gasteiger partial charge in [0.25, 0.3) is 0 Å². The summed E-state index contributed by atoms with van der Waals surface area (Å²) in [5.41, 5.74) is -1.69. The first-order chi connectivity index (χ1) is 18.9. The fourth-order valence-corrected chi connectivity index (χ4v) is 9.77. The molecule has 0 aliphatic heterocycles. The quantitative estimate of drug-likeness (QED) is 0.493. The number of nitrogens with zero attached hydrogens (tertiary/aromatic N) is 3. The van der Waals surface area contributed by atoms with Crippen molar-refractivity contribution in [3.63, 3.8) is 0 Å². The van der Waals surface area contributed by atoms with Gasteiger partial charge in [-0.3, -0.25) is 4.79 Å². The number of methoxy groups -OCH3 is 2. The van der Waals surface area contributed by atoms with Crippen LogP contribution in [0.5, 0.6) is 5.75 Å². The summed E-state index contributed by atoms with van der Waals surface area (Å²) < 4.78 is 52.4. The monoisotopic (exact) mass is 563 g/mol. The number of fused-ring (bicyclic) bond motifs is 6. The van der Waals surface area contributed by atoms with Gasteiger partial charge in [-0.05, 0) is 104 Å². The topological polar surface area (TPSA) is 86.5 Å². The molecule has 0 amide bonds. The molecule has 1 N–H and O–H groups in total. The van der Waals surface area contributed by atoms with E-state index in [1.807, 2.05) is 18.2 Å². The molecule has 1 heterocycles. The van der Waals surface area contributed by atoms with Gasteiger partial charge in [-0.15, -0.1) is 0 Å². The first-order valence-electron chi connectivity index (χ1n) is 14.6. The Morgan fingerprint density at radius 3 is 2.55 bits per heavy atom. The van der Waals surface area contributed by atoms with E-state index >= 15 is 0 Å². The van der Waals surface area contributed by atoms with E-state index in [1.165, 1.54) is 4.80 Å². The first-order valence-corrected chi connectivity index (χ1v) is 14.6. The fourth-order valence-electron chi connectivity index (χ4n) is 9.77. The number of hydrogen-bond acceptors (Lipinski definition) is 6. The lowest BCUT2D eigenvalue weighted by Crippen LogP contribution is -2.61. The molecular formula is C30H40F3N3O4. The third-order valence-electron chi connectivity index (χ3n) is 11.7. The minimum atomic E-state index is -4.62. The van der Waals surface area contributed by atoms with Crippen LogP contribution in [0.3, 0.4) is 0 Å². The number of benzene rings is 1. The molecule has 0 bridgehead atoms. The zero-order chi connectivity index (χ0) is 28.5. The van der Waals surface area contributed by atoms with Crippen LogP contribution in [-0.2, 0) is 16.1 Å². The highest BCUT2D eigenvalue weighted by Crippen LogP contribution is 2.69. The van der Waals surface area contributed by atoms with Gasteiger partial charge < -0.3 is 14.6 Å². The van der Waals surface area contributed by atoms with Crippen molar-refractivity contribution < 1.29 is 32.5 Å². The molecule has 40 heavy (non-hydrogen) atoms. The van der Waals surface area contributed by atoms with Crippen molar-refractivity contribution in [1.29, 1.82) is 0 Å². The van der Waals surface area contributed by atoms with Crippen molar-refractivity contribution in [2.75, 3.05) is 20.8 Å². The maximum Gasteiger partial charge on any atom is 0.417 e. The molecule has 6 rings (SSSR count). The van der Waals surface area contributed by atoms with Crippen LogP contribution < -0.4 is 4.74 Å². The lowest BCUT2D eigenvalue weighted by atomic mass is 9.43. The van der Waals surface area contributed by atoms with E-state index in [9.17, 15) is 23.1 Å². The number of alkyl halides is 3. The molecule has 10 heteroatoms. The second-order valence-corrected chi connectivity index (χ2v) is 13.3. The molecule has 1 aromatic carbocycles. The van der Waals surface area contributed by atoms with E-state index in [0.29, 0.717) is 42.6 Å². The number of aromatic nitrogens is 3. The van der Waals surface area contributed by atoms with Gasteiger partial charge in [-0.1, -0.05) is 6.92 Å². The van der Waals surface area contributed by atoms with Crippen molar-refractivity contribution in [2.24, 2.45) is 40.4 Å². The molecule has 220 valence electrons. The molecule has 4 aliphatic rings. The van der Waals surface area contributed by atoms with Crippen molar-refractivity contribution in [1.82, 2.24) is 15.0 Å². The van der Waals surface area contributed by atoms with Crippen molar-refractivity contribution in [3.8, 4) is 5.75 Å². The summed E-state index contributed by atoms with van der Waals surface area (Å²) in [5.74, 6) is 1.52. The highest BCUT2D eigenvalue weighted by molar-refractivity contribution is 5.82. The summed E-state index contributed by atoms with van der Waals surface area (Å²) in [5, 5.41) is 19.6. The van der Waals surface area contributed by atoms with Crippen LogP contribution in [0.15, 0.2) is 18.2 Å². The first kappa shape index (κ1) is 27.9. The summed E-state index contributed by atoms with van der Waals surface area (Å²) in [6.07, 6.45) is 0.283. The van der Waals surface area contributed by atoms with Crippen molar-refractivity contribution in [2.45, 2.75) is 83.0 Å². The Morgan fingerprint density at radius 1 is 1.05 bits per heavy atom. The number of halogens is 3. The Kier molecular flexibility index (Phi) is 6.76. The maximum absolute atomic E-state index is 13.8. The zero-order valence-electron chi connectivity index (χ0n) is 23.5. The predicted molar refractivity (Wildman–Crippen MR) is 142 cm³/mol. The van der Waals surface area contributed by atoms with Crippen LogP contribution in [0.25, 0.3) is 11.0 Å². The smallest absolute Gasteiger partial charge is 0.417 e. The van der Waals surface area contributed by atoms with Crippen LogP contribution in [0.2, 0.25) is 0 Å². The fraction of sp³-hybridized carbons (Fsp3) is 0.767. The standard InChI is InChI=1S/C30H40F3N3O4/c1-27-11-10-22-20(6-4-18-15-29(38,30(31,32)33)13-12-28(18,22)17-39-2)21(27)7-8-23(27)26(37)16-36-34-24-9-5-19(40-3)14-25(24)35-36/h5,9,14,18,20-23,38H,4,6-8,10-13,15-17H2,1-3H3/t18-,20+,21+,22+,23-,27+,28-,29-/m1/s1. The third-order valence-corrected chi connectivity index (χ3v) is 11.7. The maximum atomic E-state index is 13.8. The average molecular weight is 564 g/mol. The second-order valence-electron chi connectivity index (χ2n) is 13.3. The van der Waals surface area contributed by atoms with Gasteiger partial charge in [0, 0.05) is 19.1 Å². The number of ketones is 1. The molecule has 4 aliphatic carbocycles. The minimum absolute atomic E-state index is 0.0835. The van der Waals surface area contributed by atoms with Gasteiger partial charge >= 0.3 is 6.18 Å². The molecule has 1 aromatic heterocycles. The number of carbonyl (C=O) groups is 1. The van der Waals surface area contributed by atoms with Crippen LogP contribution in [0, 0.1) is 40.4 Å². The highest BCUT2D eigenvalue weighted by Gasteiger charge is 2.66. The average Bonchev–Trinajstić information content (AvgIpc) is 3.47. The molecule has 7 nitrogen and oxygen atoms in total. The van der Waals surface area contributed by atoms with Gasteiger partial charge in [0.05, 0.1) is 13.7 Å². The van der Waals surface area contributed by atoms with E-state index in [2.05, 4.69) is 17.1 Å². The van der Waals surface area contributed by atoms with Gasteiger partial charge in [-0.2, -0.15) is 28.2 Å². The lowest BCUT2D eigenvalue weighted by Gasteiger charge is -2.62. The van der Waals surface area contributed by atoms with E-state index in [0.717, 1.165) is 37.6 Å². The summed E-state index contributed by atoms with van der Waals surface area (Å²) in [6, 6.07) is 5.47. The largest absolute Gasteiger partial charge is 0.497 e. The number of Topliss-reactive ketones (excluding diaryl/α,β-unsaturated/α-hetero) is 1. The van der Waals surface area contributed by atoms with E-state index in [1.54, 1.807) is 14.2 Å². The predicted octanol–water partition coefficient (Wildman–Crippen LogP) is 5.59. The lowest BCUT2D eigenvalue weighted by molar-refractivity contribution is -0.294. The van der Waals surface area contributed by atoms with Gasteiger partial charge in [-0.25, -0.2) is 0 Å². The van der Waals surface area contributed by atoms with Crippen LogP contribution >= 0.6 is 0 Å². The summed E-state index contributed by atoms with van der Waals surface area (Å²) in [7, 11) is 3.24. The van der Waals surface area contributed by atoms with E-state index < -0.39 is 11.8 Å². The summed E-state index contributed by atoms with van der Waals surface area (Å²) in [6.45, 7) is 2.82. The van der Waals surface area contributed by atoms with Crippen LogP contribution in [-0.4, -0.2) is 58.5 Å². The normalized spacial score (nSPS) is 39.4. The Hall–Kier alpha value is -2.20.